The predicted molar refractivity (Wildman–Crippen MR) is 411 cm³/mol. The van der Waals surface area contributed by atoms with Crippen LogP contribution in [0.3, 0.4) is 0 Å². The summed E-state index contributed by atoms with van der Waals surface area (Å²) in [7, 11) is 0. The molecule has 37 nitrogen and oxygen atoms in total. The zero-order valence-corrected chi connectivity index (χ0v) is 63.5. The van der Waals surface area contributed by atoms with Gasteiger partial charge >= 0.3 is 5.97 Å². The van der Waals surface area contributed by atoms with Gasteiger partial charge in [0.15, 0.2) is 0 Å². The number of aliphatic hydroxyl groups is 3. The van der Waals surface area contributed by atoms with Crippen molar-refractivity contribution in [3.63, 3.8) is 0 Å². The Morgan fingerprint density at radius 1 is 0.398 bits per heavy atom. The smallest absolute Gasteiger partial charge is 0.325 e. The van der Waals surface area contributed by atoms with Gasteiger partial charge in [0, 0.05) is 42.8 Å². The van der Waals surface area contributed by atoms with E-state index in [9.17, 15) is 78.0 Å². The van der Waals surface area contributed by atoms with Crippen molar-refractivity contribution < 1.29 is 92.3 Å². The molecule has 0 aliphatic heterocycles. The normalized spacial score (nSPS) is 15.1. The number of fused-ring (bicyclic) bond motifs is 1. The maximum atomic E-state index is 15.3. The number of nitrogens with two attached hydrogens (primary N) is 4. The first-order valence-corrected chi connectivity index (χ1v) is 37.0. The molecule has 26 N–H and O–H groups in total. The van der Waals surface area contributed by atoms with Gasteiger partial charge in [-0.25, -0.2) is 0 Å². The lowest BCUT2D eigenvalue weighted by Gasteiger charge is -2.29. The fraction of sp³-hybridized carbons (Fsp3) is 0.461. The van der Waals surface area contributed by atoms with Gasteiger partial charge in [0.05, 0.1) is 37.8 Å². The monoisotopic (exact) mass is 1570 g/mol. The zero-order valence-electron chi connectivity index (χ0n) is 63.5. The number of aliphatic hydroxyl groups excluding tert-OH is 3. The van der Waals surface area contributed by atoms with E-state index in [1.54, 1.807) is 121 Å². The average molecular weight is 1580 g/mol. The van der Waals surface area contributed by atoms with Crippen molar-refractivity contribution in [2.24, 2.45) is 22.9 Å². The van der Waals surface area contributed by atoms with E-state index in [0.29, 0.717) is 46.0 Å². The topological polar surface area (TPSA) is 613 Å². The Morgan fingerprint density at radius 3 is 1.19 bits per heavy atom. The fourth-order valence-corrected chi connectivity index (χ4v) is 11.6. The minimum atomic E-state index is -1.90. The summed E-state index contributed by atoms with van der Waals surface area (Å²) >= 11 is 0. The molecular formula is C76H106N18O19. The van der Waals surface area contributed by atoms with E-state index in [0.717, 1.165) is 20.8 Å². The number of amides is 14. The SMILES string of the molecule is C[C@H](N)C(=O)NCC(=O)N[C@@H](C)C(=O)N[C@@H](CCCCN)C(=O)N[C@@H](CC(N)=O)C(=O)N[C@@H](Cc1ccccc1)C(=O)N[C@@H](Cc1ccccc1)C(=O)N[C@@H](Cc1c[nH]c2ccccc12)C(=O)N[C@@H](CCCCN)C(=O)N[C@H](C(=O)N[C@@H](Cc1ccccc1)C(=O)N[C@H](C(=O)N[C@@H](CO)C(=O)N[C@@H](C)C(=O)O)[C@@H](C)O)[C@@H](C)O. The summed E-state index contributed by atoms with van der Waals surface area (Å²) in [6, 6.07) is 11.3. The first-order chi connectivity index (χ1) is 53.7. The summed E-state index contributed by atoms with van der Waals surface area (Å²) in [5.41, 5.74) is 25.4. The van der Waals surface area contributed by atoms with Crippen LogP contribution in [0.4, 0.5) is 0 Å². The molecule has 0 bridgehead atoms. The number of aromatic amines is 1. The van der Waals surface area contributed by atoms with Crippen molar-refractivity contribution in [1.29, 1.82) is 0 Å². The maximum Gasteiger partial charge on any atom is 0.325 e. The molecule has 1 heterocycles. The van der Waals surface area contributed by atoms with E-state index < -0.39 is 199 Å². The summed E-state index contributed by atoms with van der Waals surface area (Å²) in [4.78, 5) is 210. The van der Waals surface area contributed by atoms with Crippen LogP contribution >= 0.6 is 0 Å². The number of H-pyrrole nitrogens is 1. The lowest BCUT2D eigenvalue weighted by molar-refractivity contribution is -0.142. The molecule has 614 valence electrons. The molecule has 0 aliphatic carbocycles. The number of hydrogen-bond acceptors (Lipinski definition) is 21. The molecule has 0 saturated carbocycles. The fourth-order valence-electron chi connectivity index (χ4n) is 11.6. The highest BCUT2D eigenvalue weighted by Crippen LogP contribution is 2.21. The van der Waals surface area contributed by atoms with Crippen LogP contribution in [0, 0.1) is 0 Å². The van der Waals surface area contributed by atoms with Crippen molar-refractivity contribution in [3.8, 4) is 0 Å². The predicted octanol–water partition coefficient (Wildman–Crippen LogP) is -5.27. The van der Waals surface area contributed by atoms with E-state index in [1.807, 2.05) is 0 Å². The third-order valence-corrected chi connectivity index (χ3v) is 18.0. The van der Waals surface area contributed by atoms with Crippen LogP contribution in [-0.2, 0) is 97.6 Å². The van der Waals surface area contributed by atoms with E-state index in [-0.39, 0.29) is 64.5 Å². The molecule has 5 rings (SSSR count). The molecule has 0 unspecified atom stereocenters. The number of carbonyl (C=O) groups excluding carboxylic acids is 14. The highest BCUT2D eigenvalue weighted by molar-refractivity contribution is 6.01. The molecule has 14 amide bonds. The molecule has 0 fully saturated rings. The second-order valence-electron chi connectivity index (χ2n) is 27.4. The van der Waals surface area contributed by atoms with Gasteiger partial charge in [-0.1, -0.05) is 109 Å². The average Bonchev–Trinajstić information content (AvgIpc) is 1.28. The van der Waals surface area contributed by atoms with Gasteiger partial charge in [0.25, 0.3) is 0 Å². The number of rotatable bonds is 48. The van der Waals surface area contributed by atoms with E-state index in [4.69, 9.17) is 22.9 Å². The molecule has 37 heteroatoms. The maximum absolute atomic E-state index is 15.3. The third-order valence-electron chi connectivity index (χ3n) is 18.0. The standard InChI is InChI=1S/C76H106N18O19/c1-41(79)64(100)82-39-61(99)83-42(2)65(101)85-52(29-17-19-31-77)66(102)90-58(37-60(80)98)71(107)88-54(33-46-21-9-6-10-22-46)68(104)87-55(34-47-23-11-7-12-24-47)69(105)89-57(36-49-38-81-51-28-16-15-27-50(49)51)70(106)86-53(30-18-20-32-78)67(103)93-62(44(4)96)74(110)91-56(35-48-25-13-8-14-26-48)72(108)94-63(45(5)97)75(111)92-59(40-95)73(109)84-43(3)76(112)113/h6-16,21-28,38,41-45,52-59,62-63,81,95-97H,17-20,29-37,39-40,77-79H2,1-5H3,(H2,80,98)(H,82,100)(H,83,99)(H,84,109)(H,85,101)(H,86,106)(H,87,104)(H,88,107)(H,89,105)(H,90,102)(H,91,110)(H,92,111)(H,93,103)(H,94,108)(H,112,113)/t41-,42-,43-,44+,45+,52-,53-,54-,55-,56-,57-,58-,59-,62-,63-/m0/s1. The van der Waals surface area contributed by atoms with Gasteiger partial charge in [-0.3, -0.25) is 71.9 Å². The third kappa shape index (κ3) is 30.8. The number of nitrogens with one attached hydrogen (secondary N) is 14. The largest absolute Gasteiger partial charge is 0.480 e. The van der Waals surface area contributed by atoms with Crippen LogP contribution in [0.25, 0.3) is 10.9 Å². The molecule has 4 aromatic carbocycles. The minimum Gasteiger partial charge on any atom is -0.480 e. The highest BCUT2D eigenvalue weighted by atomic mass is 16.4. The molecule has 113 heavy (non-hydrogen) atoms. The molecule has 0 spiro atoms. The van der Waals surface area contributed by atoms with Crippen LogP contribution in [0.2, 0.25) is 0 Å². The quantitative estimate of drug-likeness (QED) is 0.0162. The summed E-state index contributed by atoms with van der Waals surface area (Å²) in [6.07, 6.45) is -2.86. The lowest BCUT2D eigenvalue weighted by atomic mass is 10.00. The lowest BCUT2D eigenvalue weighted by Crippen LogP contribution is -2.63. The number of carboxylic acids is 1. The number of aromatic nitrogens is 1. The van der Waals surface area contributed by atoms with Crippen LogP contribution in [0.15, 0.2) is 121 Å². The summed E-state index contributed by atoms with van der Waals surface area (Å²) < 4.78 is 0. The number of para-hydroxylation sites is 1. The Balaban J connectivity index is 1.47. The molecule has 0 radical (unpaired) electrons. The van der Waals surface area contributed by atoms with Crippen LogP contribution < -0.4 is 92.1 Å². The van der Waals surface area contributed by atoms with Crippen molar-refractivity contribution in [3.05, 3.63) is 144 Å². The van der Waals surface area contributed by atoms with Gasteiger partial charge in [-0.05, 0) is 115 Å². The molecular weight excluding hydrogens is 1470 g/mol. The Morgan fingerprint density at radius 2 is 0.761 bits per heavy atom. The number of benzene rings is 4. The molecule has 1 aromatic heterocycles. The van der Waals surface area contributed by atoms with Gasteiger partial charge in [0.2, 0.25) is 82.7 Å². The number of unbranched alkanes of at least 4 members (excludes halogenated alkanes) is 2. The summed E-state index contributed by atoms with van der Waals surface area (Å²) in [6.45, 7) is 4.86. The number of hydrogen-bond donors (Lipinski definition) is 22. The van der Waals surface area contributed by atoms with Crippen molar-refractivity contribution in [1.82, 2.24) is 74.1 Å². The van der Waals surface area contributed by atoms with Crippen LogP contribution in [0.5, 0.6) is 0 Å². The van der Waals surface area contributed by atoms with Crippen molar-refractivity contribution in [2.45, 2.75) is 196 Å². The number of carboxylic acid groups (broad SMARTS) is 1. The zero-order chi connectivity index (χ0) is 83.4. The Labute approximate surface area is 652 Å². The van der Waals surface area contributed by atoms with Crippen LogP contribution in [0.1, 0.15) is 102 Å². The van der Waals surface area contributed by atoms with Crippen molar-refractivity contribution >= 4 is 99.6 Å². The van der Waals surface area contributed by atoms with E-state index in [2.05, 4.69) is 74.1 Å². The minimum absolute atomic E-state index is 0.0549. The molecule has 0 saturated heterocycles. The van der Waals surface area contributed by atoms with E-state index in [1.165, 1.54) is 13.8 Å². The van der Waals surface area contributed by atoms with Crippen molar-refractivity contribution in [2.75, 3.05) is 26.2 Å². The molecule has 0 aliphatic rings. The van der Waals surface area contributed by atoms with Gasteiger partial charge < -0.3 is 117 Å². The first-order valence-electron chi connectivity index (χ1n) is 37.0. The molecule has 15 atom stereocenters. The highest BCUT2D eigenvalue weighted by Gasteiger charge is 2.39. The second-order valence-corrected chi connectivity index (χ2v) is 27.4. The number of aliphatic carboxylic acids is 1. The Hall–Kier alpha value is -11.8. The summed E-state index contributed by atoms with van der Waals surface area (Å²) in [5, 5.41) is 74.1. The Kier molecular flexibility index (Phi) is 38.0. The summed E-state index contributed by atoms with van der Waals surface area (Å²) in [5.74, 6) is -15.4. The van der Waals surface area contributed by atoms with E-state index >= 15 is 14.4 Å². The number of carbonyl (C=O) groups is 15. The number of primary amides is 1. The van der Waals surface area contributed by atoms with Gasteiger partial charge in [-0.2, -0.15) is 0 Å². The molecule has 5 aromatic rings. The first kappa shape index (κ1) is 91.8. The Bertz CT molecular complexity index is 4040. The van der Waals surface area contributed by atoms with Gasteiger partial charge in [-0.15, -0.1) is 0 Å². The van der Waals surface area contributed by atoms with Crippen LogP contribution in [-0.4, -0.2) is 231 Å². The van der Waals surface area contributed by atoms with Gasteiger partial charge in [0.1, 0.15) is 72.5 Å². The second kappa shape index (κ2) is 46.8.